The topological polar surface area (TPSA) is 64.6 Å². The number of Topliss-reactive ketones (excluding diaryl/α,β-unsaturated/α-hetero) is 1. The molecule has 0 spiro atoms. The number of rotatable bonds is 6. The number of benzene rings is 2. The highest BCUT2D eigenvalue weighted by atomic mass is 19.4. The van der Waals surface area contributed by atoms with E-state index in [4.69, 9.17) is 9.47 Å². The van der Waals surface area contributed by atoms with E-state index in [1.807, 2.05) is 0 Å². The van der Waals surface area contributed by atoms with Crippen molar-refractivity contribution in [3.63, 3.8) is 0 Å². The third-order valence-electron chi connectivity index (χ3n) is 3.70. The van der Waals surface area contributed by atoms with Crippen LogP contribution in [0.2, 0.25) is 0 Å². The molecule has 0 unspecified atom stereocenters. The predicted molar refractivity (Wildman–Crippen MR) is 93.1 cm³/mol. The van der Waals surface area contributed by atoms with Crippen LogP contribution in [0.1, 0.15) is 24.2 Å². The van der Waals surface area contributed by atoms with Crippen molar-refractivity contribution in [3.8, 4) is 11.5 Å². The molecule has 28 heavy (non-hydrogen) atoms. The summed E-state index contributed by atoms with van der Waals surface area (Å²) < 4.78 is 62.0. The predicted octanol–water partition coefficient (Wildman–Crippen LogP) is 4.38. The average molecular weight is 399 g/mol. The van der Waals surface area contributed by atoms with Crippen molar-refractivity contribution in [2.45, 2.75) is 25.6 Å². The number of ether oxygens (including phenoxy) is 2. The Morgan fingerprint density at radius 3 is 2.14 bits per heavy atom. The van der Waals surface area contributed by atoms with Gasteiger partial charge in [0, 0.05) is 5.69 Å². The third kappa shape index (κ3) is 4.99. The third-order valence-corrected chi connectivity index (χ3v) is 3.70. The van der Waals surface area contributed by atoms with E-state index in [1.54, 1.807) is 24.3 Å². The number of nitrogens with one attached hydrogen (secondary N) is 1. The SMILES string of the molecule is COc1ccc(NC(=O)C(C)(C)Oc2ccc(F)cc2C(=O)C(F)(F)F)cc1. The minimum Gasteiger partial charge on any atom is -0.497 e. The van der Waals surface area contributed by atoms with E-state index in [0.717, 1.165) is 12.1 Å². The molecule has 0 aromatic heterocycles. The molecule has 0 radical (unpaired) electrons. The molecule has 150 valence electrons. The Labute approximate surface area is 158 Å². The number of hydrogen-bond donors (Lipinski definition) is 1. The number of hydrogen-bond acceptors (Lipinski definition) is 4. The fraction of sp³-hybridized carbons (Fsp3) is 0.263. The Balaban J connectivity index is 2.25. The summed E-state index contributed by atoms with van der Waals surface area (Å²) in [6, 6.07) is 8.44. The van der Waals surface area contributed by atoms with Gasteiger partial charge in [0.1, 0.15) is 17.3 Å². The van der Waals surface area contributed by atoms with Crippen LogP contribution in [0.5, 0.6) is 11.5 Å². The summed E-state index contributed by atoms with van der Waals surface area (Å²) in [6.45, 7) is 2.61. The van der Waals surface area contributed by atoms with Gasteiger partial charge in [-0.05, 0) is 56.3 Å². The lowest BCUT2D eigenvalue weighted by atomic mass is 10.1. The van der Waals surface area contributed by atoms with E-state index in [9.17, 15) is 27.2 Å². The summed E-state index contributed by atoms with van der Waals surface area (Å²) >= 11 is 0. The van der Waals surface area contributed by atoms with Gasteiger partial charge in [0.05, 0.1) is 12.7 Å². The fourth-order valence-corrected chi connectivity index (χ4v) is 2.20. The standard InChI is InChI=1S/C19H17F4NO4/c1-18(2,17(26)24-12-5-7-13(27-3)8-6-12)28-15-9-4-11(20)10-14(15)16(25)19(21,22)23/h4-10H,1-3H3,(H,24,26). The number of amides is 1. The monoisotopic (exact) mass is 399 g/mol. The maximum atomic E-state index is 13.4. The maximum Gasteiger partial charge on any atom is 0.455 e. The Kier molecular flexibility index (Phi) is 5.96. The van der Waals surface area contributed by atoms with Crippen LogP contribution in [0.4, 0.5) is 23.2 Å². The zero-order valence-corrected chi connectivity index (χ0v) is 15.2. The number of ketones is 1. The van der Waals surface area contributed by atoms with Gasteiger partial charge in [0.25, 0.3) is 11.7 Å². The Morgan fingerprint density at radius 2 is 1.61 bits per heavy atom. The van der Waals surface area contributed by atoms with Crippen molar-refractivity contribution in [3.05, 3.63) is 53.8 Å². The number of carbonyl (C=O) groups excluding carboxylic acids is 2. The average Bonchev–Trinajstić information content (AvgIpc) is 2.62. The molecule has 0 aliphatic heterocycles. The fourth-order valence-electron chi connectivity index (χ4n) is 2.20. The number of alkyl halides is 3. The van der Waals surface area contributed by atoms with E-state index >= 15 is 0 Å². The molecule has 1 amide bonds. The van der Waals surface area contributed by atoms with Crippen molar-refractivity contribution < 1.29 is 36.6 Å². The van der Waals surface area contributed by atoms with Gasteiger partial charge in [-0.1, -0.05) is 0 Å². The first-order valence-electron chi connectivity index (χ1n) is 7.99. The van der Waals surface area contributed by atoms with Crippen molar-refractivity contribution in [2.75, 3.05) is 12.4 Å². The second-order valence-corrected chi connectivity index (χ2v) is 6.26. The van der Waals surface area contributed by atoms with E-state index in [1.165, 1.54) is 21.0 Å². The highest BCUT2D eigenvalue weighted by Crippen LogP contribution is 2.31. The summed E-state index contributed by atoms with van der Waals surface area (Å²) in [6.07, 6.45) is -5.22. The molecular weight excluding hydrogens is 382 g/mol. The first-order valence-corrected chi connectivity index (χ1v) is 7.99. The van der Waals surface area contributed by atoms with Crippen LogP contribution >= 0.6 is 0 Å². The van der Waals surface area contributed by atoms with E-state index < -0.39 is 40.6 Å². The minimum atomic E-state index is -5.22. The highest BCUT2D eigenvalue weighted by Gasteiger charge is 2.42. The van der Waals surface area contributed by atoms with Crippen molar-refractivity contribution in [1.82, 2.24) is 0 Å². The van der Waals surface area contributed by atoms with Gasteiger partial charge in [0.2, 0.25) is 0 Å². The summed E-state index contributed by atoms with van der Waals surface area (Å²) in [7, 11) is 1.48. The molecule has 0 atom stereocenters. The number of carbonyl (C=O) groups is 2. The highest BCUT2D eigenvalue weighted by molar-refractivity contribution is 6.03. The van der Waals surface area contributed by atoms with Crippen LogP contribution in [0.25, 0.3) is 0 Å². The molecule has 0 heterocycles. The van der Waals surface area contributed by atoms with Gasteiger partial charge in [-0.3, -0.25) is 9.59 Å². The van der Waals surface area contributed by atoms with Gasteiger partial charge in [0.15, 0.2) is 5.60 Å². The number of halogens is 4. The minimum absolute atomic E-state index is 0.396. The lowest BCUT2D eigenvalue weighted by Gasteiger charge is -2.26. The second kappa shape index (κ2) is 7.87. The smallest absolute Gasteiger partial charge is 0.455 e. The van der Waals surface area contributed by atoms with E-state index in [-0.39, 0.29) is 0 Å². The molecule has 2 aromatic carbocycles. The largest absolute Gasteiger partial charge is 0.497 e. The molecule has 0 bridgehead atoms. The molecule has 0 fully saturated rings. The zero-order chi connectivity index (χ0) is 21.1. The molecule has 2 rings (SSSR count). The molecule has 0 aliphatic rings. The second-order valence-electron chi connectivity index (χ2n) is 6.26. The van der Waals surface area contributed by atoms with Gasteiger partial charge in [-0.25, -0.2) is 4.39 Å². The van der Waals surface area contributed by atoms with E-state index in [2.05, 4.69) is 5.32 Å². The summed E-state index contributed by atoms with van der Waals surface area (Å²) in [5.74, 6) is -3.99. The number of methoxy groups -OCH3 is 1. The van der Waals surface area contributed by atoms with Crippen LogP contribution in [-0.4, -0.2) is 30.6 Å². The molecule has 5 nitrogen and oxygen atoms in total. The lowest BCUT2D eigenvalue weighted by molar-refractivity contribution is -0.128. The Bertz CT molecular complexity index is 876. The molecule has 0 saturated carbocycles. The zero-order valence-electron chi connectivity index (χ0n) is 15.2. The molecule has 0 saturated heterocycles. The first kappa shape index (κ1) is 21.2. The quantitative estimate of drug-likeness (QED) is 0.579. The van der Waals surface area contributed by atoms with Crippen LogP contribution in [0.15, 0.2) is 42.5 Å². The molecule has 2 aromatic rings. The molecular formula is C19H17F4NO4. The van der Waals surface area contributed by atoms with Crippen LogP contribution in [0, 0.1) is 5.82 Å². The first-order chi connectivity index (χ1) is 12.9. The van der Waals surface area contributed by atoms with Crippen molar-refractivity contribution >= 4 is 17.4 Å². The van der Waals surface area contributed by atoms with Gasteiger partial charge in [-0.15, -0.1) is 0 Å². The van der Waals surface area contributed by atoms with Gasteiger partial charge >= 0.3 is 6.18 Å². The summed E-state index contributed by atoms with van der Waals surface area (Å²) in [5, 5.41) is 2.54. The van der Waals surface area contributed by atoms with Crippen molar-refractivity contribution in [2.24, 2.45) is 0 Å². The number of anilines is 1. The Hall–Kier alpha value is -3.10. The van der Waals surface area contributed by atoms with Gasteiger partial charge < -0.3 is 14.8 Å². The molecule has 0 aliphatic carbocycles. The van der Waals surface area contributed by atoms with Crippen molar-refractivity contribution in [1.29, 1.82) is 0 Å². The van der Waals surface area contributed by atoms with E-state index in [0.29, 0.717) is 17.5 Å². The molecule has 9 heteroatoms. The normalized spacial score (nSPS) is 11.7. The summed E-state index contributed by atoms with van der Waals surface area (Å²) in [4.78, 5) is 24.1. The lowest BCUT2D eigenvalue weighted by Crippen LogP contribution is -2.43. The Morgan fingerprint density at radius 1 is 1.00 bits per heavy atom. The van der Waals surface area contributed by atoms with Crippen LogP contribution < -0.4 is 14.8 Å². The van der Waals surface area contributed by atoms with Crippen LogP contribution in [-0.2, 0) is 4.79 Å². The maximum absolute atomic E-state index is 13.4. The molecule has 1 N–H and O–H groups in total. The summed E-state index contributed by atoms with van der Waals surface area (Å²) in [5.41, 5.74) is -2.29. The van der Waals surface area contributed by atoms with Gasteiger partial charge in [-0.2, -0.15) is 13.2 Å². The van der Waals surface area contributed by atoms with Crippen LogP contribution in [0.3, 0.4) is 0 Å².